The molecule has 2 aliphatic heterocycles. The van der Waals surface area contributed by atoms with Crippen molar-refractivity contribution in [1.29, 1.82) is 0 Å². The second kappa shape index (κ2) is 12.3. The Morgan fingerprint density at radius 3 is 2.25 bits per heavy atom. The molecule has 0 bridgehead atoms. The lowest BCUT2D eigenvalue weighted by Gasteiger charge is -2.20. The minimum atomic E-state index is -5.64. The average molecular weight is 587 g/mol. The molecule has 4 rings (SSSR count). The van der Waals surface area contributed by atoms with Crippen molar-refractivity contribution in [3.63, 3.8) is 0 Å². The highest BCUT2D eigenvalue weighted by atomic mass is 31.3. The van der Waals surface area contributed by atoms with Gasteiger partial charge in [0.1, 0.15) is 36.9 Å². The molecule has 2 unspecified atom stereocenters. The van der Waals surface area contributed by atoms with Crippen LogP contribution in [0.3, 0.4) is 0 Å². The van der Waals surface area contributed by atoms with Crippen LogP contribution in [0.4, 0.5) is 5.82 Å². The van der Waals surface area contributed by atoms with Crippen molar-refractivity contribution in [3.05, 3.63) is 12.7 Å². The van der Waals surface area contributed by atoms with E-state index in [2.05, 4.69) is 28.1 Å². The zero-order valence-electron chi connectivity index (χ0n) is 18.4. The van der Waals surface area contributed by atoms with E-state index in [1.54, 1.807) is 0 Å². The lowest BCUT2D eigenvalue weighted by molar-refractivity contribution is -0.107. The molecular formula is C11H28N9O13P3. The molecule has 6 atom stereocenters. The van der Waals surface area contributed by atoms with Gasteiger partial charge in [-0.1, -0.05) is 0 Å². The summed E-state index contributed by atoms with van der Waals surface area (Å²) >= 11 is 0. The molecule has 22 nitrogen and oxygen atoms in total. The first-order valence-electron chi connectivity index (χ1n) is 8.45. The third-order valence-corrected chi connectivity index (χ3v) is 8.09. The fraction of sp³-hybridized carbons (Fsp3) is 0.545. The maximum absolute atomic E-state index is 12.0. The smallest absolute Gasteiger partial charge is 0.382 e. The summed E-state index contributed by atoms with van der Waals surface area (Å²) in [6.07, 6.45) is -0.794. The number of fused-ring (bicyclic) bond motifs is 2. The Balaban J connectivity index is 0.00000306. The van der Waals surface area contributed by atoms with Gasteiger partial charge in [-0.3, -0.25) is 9.09 Å². The lowest BCUT2D eigenvalue weighted by Crippen LogP contribution is -2.31. The van der Waals surface area contributed by atoms with Gasteiger partial charge in [0.05, 0.1) is 12.9 Å². The van der Waals surface area contributed by atoms with Crippen molar-refractivity contribution in [1.82, 2.24) is 44.1 Å². The summed E-state index contributed by atoms with van der Waals surface area (Å²) in [7, 11) is -16.5. The first kappa shape index (κ1) is 34.5. The quantitative estimate of drug-likeness (QED) is 0.184. The Bertz CT molecular complexity index is 1160. The molecule has 0 radical (unpaired) electrons. The maximum Gasteiger partial charge on any atom is 0.490 e. The Hall–Kier alpha value is -1.52. The molecule has 2 aliphatic rings. The minimum absolute atomic E-state index is 0. The first-order chi connectivity index (χ1) is 14.9. The van der Waals surface area contributed by atoms with Gasteiger partial charge >= 0.3 is 23.5 Å². The van der Waals surface area contributed by atoms with Crippen molar-refractivity contribution in [2.75, 3.05) is 19.1 Å². The number of nitrogen functional groups attached to an aromatic ring is 1. The summed E-state index contributed by atoms with van der Waals surface area (Å²) in [6, 6.07) is 0. The number of rotatable bonds is 8. The van der Waals surface area contributed by atoms with E-state index in [-0.39, 0.29) is 37.2 Å². The van der Waals surface area contributed by atoms with Gasteiger partial charge in [0.2, 0.25) is 0 Å². The van der Waals surface area contributed by atoms with Gasteiger partial charge in [0, 0.05) is 0 Å². The molecule has 210 valence electrons. The van der Waals surface area contributed by atoms with Crippen LogP contribution in [0.5, 0.6) is 0 Å². The zero-order chi connectivity index (χ0) is 23.3. The number of nitrogens with zero attached hydrogens (tertiary/aromatic N) is 4. The van der Waals surface area contributed by atoms with E-state index < -0.39 is 54.6 Å². The van der Waals surface area contributed by atoms with Crippen LogP contribution in [0, 0.1) is 0 Å². The van der Waals surface area contributed by atoms with Crippen LogP contribution in [0.15, 0.2) is 12.7 Å². The van der Waals surface area contributed by atoms with Crippen LogP contribution in [0.2, 0.25) is 0 Å². The topological polar surface area (TPSA) is 397 Å². The molecule has 4 heterocycles. The monoisotopic (exact) mass is 587 g/mol. The largest absolute Gasteiger partial charge is 0.490 e. The maximum atomic E-state index is 12.0. The number of ether oxygens (including phenoxy) is 3. The fourth-order valence-electron chi connectivity index (χ4n) is 3.17. The average Bonchev–Trinajstić information content (AvgIpc) is 3.32. The van der Waals surface area contributed by atoms with E-state index >= 15 is 0 Å². The molecule has 0 aliphatic carbocycles. The number of hydrogen-bond acceptors (Lipinski definition) is 17. The SMILES string of the molecule is N.N.N.N.Nc1ncnc2c1ncn2[C@@H]1O[C@H](COP(=O)(O)OP(=O)(O)OP(=O)(O)O)[C@H]2OCO[C@H]21. The van der Waals surface area contributed by atoms with E-state index in [1.807, 2.05) is 0 Å². The van der Waals surface area contributed by atoms with Gasteiger partial charge in [-0.15, -0.1) is 0 Å². The molecule has 18 N–H and O–H groups in total. The third kappa shape index (κ3) is 7.51. The van der Waals surface area contributed by atoms with Crippen LogP contribution in [0.25, 0.3) is 11.2 Å². The summed E-state index contributed by atoms with van der Waals surface area (Å²) in [5.74, 6) is 0.135. The van der Waals surface area contributed by atoms with Crippen LogP contribution in [-0.4, -0.2) is 70.8 Å². The zero-order valence-corrected chi connectivity index (χ0v) is 21.1. The van der Waals surface area contributed by atoms with Crippen LogP contribution in [0.1, 0.15) is 6.23 Å². The molecule has 0 aromatic carbocycles. The number of phosphoric ester groups is 1. The van der Waals surface area contributed by atoms with Crippen LogP contribution < -0.4 is 30.3 Å². The predicted molar refractivity (Wildman–Crippen MR) is 118 cm³/mol. The number of anilines is 1. The predicted octanol–water partition coefficient (Wildman–Crippen LogP) is 0.0387. The molecule has 2 aromatic heterocycles. The molecule has 0 saturated carbocycles. The van der Waals surface area contributed by atoms with Gasteiger partial charge in [0.15, 0.2) is 17.7 Å². The van der Waals surface area contributed by atoms with Crippen molar-refractivity contribution in [2.24, 2.45) is 0 Å². The summed E-state index contributed by atoms with van der Waals surface area (Å²) < 4.78 is 64.3. The Morgan fingerprint density at radius 2 is 1.61 bits per heavy atom. The molecule has 2 aromatic rings. The number of nitrogens with two attached hydrogens (primary N) is 1. The van der Waals surface area contributed by atoms with Crippen LogP contribution in [-0.2, 0) is 41.1 Å². The molecule has 0 amide bonds. The fourth-order valence-corrected chi connectivity index (χ4v) is 6.20. The molecule has 25 heteroatoms. The van der Waals surface area contributed by atoms with Crippen molar-refractivity contribution >= 4 is 40.4 Å². The minimum Gasteiger partial charge on any atom is -0.382 e. The van der Waals surface area contributed by atoms with Gasteiger partial charge in [-0.05, 0) is 0 Å². The standard InChI is InChI=1S/C11H16N5O13P3.4H3N/c12-9-6-10(14-2-13-9)16(3-15-6)11-8-7(24-4-25-8)5(27-11)1-26-31(20,21)29-32(22,23)28-30(17,18)19;;;;/h2-3,5,7-8,11H,1,4H2,(H,20,21)(H,22,23)(H2,12,13,14)(H2,17,18,19);4*1H3/t5-,7-,8-,11-;;;;/m1..../s1. The van der Waals surface area contributed by atoms with Gasteiger partial charge in [0.25, 0.3) is 0 Å². The van der Waals surface area contributed by atoms with Crippen molar-refractivity contribution in [3.8, 4) is 0 Å². The Kier molecular flexibility index (Phi) is 11.8. The van der Waals surface area contributed by atoms with E-state index in [0.29, 0.717) is 11.2 Å². The summed E-state index contributed by atoms with van der Waals surface area (Å²) in [5.41, 5.74) is 6.40. The summed E-state index contributed by atoms with van der Waals surface area (Å²) in [5, 5.41) is 0. The van der Waals surface area contributed by atoms with E-state index in [4.69, 9.17) is 29.7 Å². The molecular weight excluding hydrogens is 559 g/mol. The summed E-state index contributed by atoms with van der Waals surface area (Å²) in [6.45, 7) is -0.820. The van der Waals surface area contributed by atoms with E-state index in [1.165, 1.54) is 17.2 Å². The number of phosphoric acid groups is 3. The molecule has 0 spiro atoms. The second-order valence-electron chi connectivity index (χ2n) is 6.42. The molecule has 36 heavy (non-hydrogen) atoms. The summed E-state index contributed by atoms with van der Waals surface area (Å²) in [4.78, 5) is 48.0. The highest BCUT2D eigenvalue weighted by Gasteiger charge is 2.52. The highest BCUT2D eigenvalue weighted by Crippen LogP contribution is 2.66. The van der Waals surface area contributed by atoms with E-state index in [9.17, 15) is 23.5 Å². The van der Waals surface area contributed by atoms with Crippen molar-refractivity contribution in [2.45, 2.75) is 24.5 Å². The Labute approximate surface area is 202 Å². The molecule has 2 saturated heterocycles. The first-order valence-corrected chi connectivity index (χ1v) is 13.0. The van der Waals surface area contributed by atoms with Gasteiger partial charge < -0.3 is 64.1 Å². The third-order valence-electron chi connectivity index (χ3n) is 4.29. The normalized spacial score (nSPS) is 26.3. The number of imidazole rings is 1. The lowest BCUT2D eigenvalue weighted by atomic mass is 10.1. The number of hydrogen-bond donors (Lipinski definition) is 9. The van der Waals surface area contributed by atoms with Gasteiger partial charge in [-0.25, -0.2) is 28.6 Å². The Morgan fingerprint density at radius 1 is 0.972 bits per heavy atom. The van der Waals surface area contributed by atoms with Crippen molar-refractivity contribution < 1.29 is 60.6 Å². The highest BCUT2D eigenvalue weighted by molar-refractivity contribution is 7.66. The van der Waals surface area contributed by atoms with Crippen LogP contribution >= 0.6 is 23.5 Å². The number of aromatic nitrogens is 4. The van der Waals surface area contributed by atoms with E-state index in [0.717, 1.165) is 0 Å². The van der Waals surface area contributed by atoms with Gasteiger partial charge in [-0.2, -0.15) is 8.62 Å². The second-order valence-corrected chi connectivity index (χ2v) is 10.8. The molecule has 2 fully saturated rings.